The Morgan fingerprint density at radius 3 is 2.89 bits per heavy atom. The van der Waals surface area contributed by atoms with E-state index < -0.39 is 5.60 Å². The molecule has 1 spiro atoms. The molecule has 0 radical (unpaired) electrons. The number of carbonyl (C=O) groups is 1. The van der Waals surface area contributed by atoms with Crippen LogP contribution in [0.4, 0.5) is 0 Å². The molecule has 2 rings (SSSR count). The van der Waals surface area contributed by atoms with Gasteiger partial charge in [0.15, 0.2) is 5.78 Å². The summed E-state index contributed by atoms with van der Waals surface area (Å²) in [5.41, 5.74) is -0.631. The fraction of sp³-hybridized carbons (Fsp3) is 0.933. The molecule has 0 amide bonds. The fourth-order valence-corrected chi connectivity index (χ4v) is 4.59. The quantitative estimate of drug-likeness (QED) is 0.778. The summed E-state index contributed by atoms with van der Waals surface area (Å²) in [5.74, 6) is 2.62. The average molecular weight is 286 g/mol. The highest BCUT2D eigenvalue weighted by Gasteiger charge is 2.46. The lowest BCUT2D eigenvalue weighted by molar-refractivity contribution is -0.156. The minimum atomic E-state index is -0.607. The molecule has 4 heteroatoms. The Morgan fingerprint density at radius 1 is 1.53 bits per heavy atom. The minimum absolute atomic E-state index is 0.0237. The number of thioether (sulfide) groups is 1. The SMILES string of the molecule is CCOC(C)(CC)C(=O)C1CCOC2(CCSC2)C1. The van der Waals surface area contributed by atoms with Crippen LogP contribution in [0.25, 0.3) is 0 Å². The van der Waals surface area contributed by atoms with Crippen molar-refractivity contribution in [3.63, 3.8) is 0 Å². The van der Waals surface area contributed by atoms with Crippen LogP contribution in [0.3, 0.4) is 0 Å². The van der Waals surface area contributed by atoms with Gasteiger partial charge in [-0.1, -0.05) is 6.92 Å². The van der Waals surface area contributed by atoms with Crippen molar-refractivity contribution >= 4 is 17.5 Å². The molecule has 0 N–H and O–H groups in total. The number of Topliss-reactive ketones (excluding diaryl/α,β-unsaturated/α-hetero) is 1. The topological polar surface area (TPSA) is 35.5 Å². The molecule has 2 fully saturated rings. The average Bonchev–Trinajstić information content (AvgIpc) is 2.86. The van der Waals surface area contributed by atoms with Crippen LogP contribution < -0.4 is 0 Å². The van der Waals surface area contributed by atoms with Gasteiger partial charge in [0.25, 0.3) is 0 Å². The van der Waals surface area contributed by atoms with Crippen molar-refractivity contribution < 1.29 is 14.3 Å². The zero-order chi connectivity index (χ0) is 13.9. The lowest BCUT2D eigenvalue weighted by Gasteiger charge is -2.40. The molecule has 3 nitrogen and oxygen atoms in total. The van der Waals surface area contributed by atoms with Gasteiger partial charge in [0.2, 0.25) is 0 Å². The lowest BCUT2D eigenvalue weighted by Crippen LogP contribution is -2.48. The van der Waals surface area contributed by atoms with E-state index in [-0.39, 0.29) is 17.3 Å². The first-order valence-corrected chi connectivity index (χ1v) is 8.61. The first-order valence-electron chi connectivity index (χ1n) is 7.45. The van der Waals surface area contributed by atoms with Crippen LogP contribution >= 0.6 is 11.8 Å². The van der Waals surface area contributed by atoms with Gasteiger partial charge in [0, 0.05) is 24.9 Å². The monoisotopic (exact) mass is 286 g/mol. The smallest absolute Gasteiger partial charge is 0.167 e. The van der Waals surface area contributed by atoms with Gasteiger partial charge in [0.05, 0.1) is 5.60 Å². The third kappa shape index (κ3) is 3.17. The molecule has 3 atom stereocenters. The summed E-state index contributed by atoms with van der Waals surface area (Å²) >= 11 is 1.95. The molecule has 2 heterocycles. The second-order valence-electron chi connectivity index (χ2n) is 5.91. The van der Waals surface area contributed by atoms with Crippen LogP contribution in [-0.2, 0) is 14.3 Å². The van der Waals surface area contributed by atoms with Crippen LogP contribution in [-0.4, -0.2) is 41.7 Å². The molecular weight excluding hydrogens is 260 g/mol. The molecular formula is C15H26O3S. The van der Waals surface area contributed by atoms with Crippen molar-refractivity contribution in [1.29, 1.82) is 0 Å². The van der Waals surface area contributed by atoms with Gasteiger partial charge in [-0.05, 0) is 45.3 Å². The van der Waals surface area contributed by atoms with Gasteiger partial charge in [0.1, 0.15) is 5.60 Å². The van der Waals surface area contributed by atoms with Gasteiger partial charge in [-0.15, -0.1) is 0 Å². The van der Waals surface area contributed by atoms with Gasteiger partial charge >= 0.3 is 0 Å². The van der Waals surface area contributed by atoms with E-state index in [0.29, 0.717) is 6.61 Å². The Labute approximate surface area is 120 Å². The number of rotatable bonds is 5. The van der Waals surface area contributed by atoms with Crippen molar-refractivity contribution in [1.82, 2.24) is 0 Å². The van der Waals surface area contributed by atoms with E-state index in [9.17, 15) is 4.79 Å². The zero-order valence-electron chi connectivity index (χ0n) is 12.4. The van der Waals surface area contributed by atoms with E-state index in [2.05, 4.69) is 0 Å². The highest BCUT2D eigenvalue weighted by molar-refractivity contribution is 7.99. The molecule has 0 aromatic carbocycles. The van der Waals surface area contributed by atoms with E-state index in [1.165, 1.54) is 0 Å². The maximum Gasteiger partial charge on any atom is 0.167 e. The normalized spacial score (nSPS) is 34.4. The van der Waals surface area contributed by atoms with Crippen molar-refractivity contribution in [3.05, 3.63) is 0 Å². The van der Waals surface area contributed by atoms with E-state index in [1.54, 1.807) is 0 Å². The molecule has 2 aliphatic heterocycles. The number of ketones is 1. The van der Waals surface area contributed by atoms with Crippen molar-refractivity contribution in [3.8, 4) is 0 Å². The number of hydrogen-bond acceptors (Lipinski definition) is 4. The largest absolute Gasteiger partial charge is 0.374 e. The third-order valence-electron chi connectivity index (χ3n) is 4.59. The summed E-state index contributed by atoms with van der Waals surface area (Å²) < 4.78 is 11.7. The highest BCUT2D eigenvalue weighted by Crippen LogP contribution is 2.42. The van der Waals surface area contributed by atoms with Crippen LogP contribution in [0, 0.1) is 5.92 Å². The molecule has 0 saturated carbocycles. The molecule has 0 bridgehead atoms. The molecule has 3 unspecified atom stereocenters. The molecule has 2 saturated heterocycles. The fourth-order valence-electron chi connectivity index (χ4n) is 3.21. The highest BCUT2D eigenvalue weighted by atomic mass is 32.2. The third-order valence-corrected chi connectivity index (χ3v) is 5.81. The molecule has 2 aliphatic rings. The van der Waals surface area contributed by atoms with Gasteiger partial charge in [-0.25, -0.2) is 0 Å². The van der Waals surface area contributed by atoms with Crippen LogP contribution in [0.5, 0.6) is 0 Å². The molecule has 0 aliphatic carbocycles. The van der Waals surface area contributed by atoms with Crippen molar-refractivity contribution in [2.45, 2.75) is 57.7 Å². The summed E-state index contributed by atoms with van der Waals surface area (Å²) in [5, 5.41) is 0. The van der Waals surface area contributed by atoms with Crippen LogP contribution in [0.1, 0.15) is 46.5 Å². The second-order valence-corrected chi connectivity index (χ2v) is 7.01. The Balaban J connectivity index is 2.06. The van der Waals surface area contributed by atoms with Crippen LogP contribution in [0.2, 0.25) is 0 Å². The Hall–Kier alpha value is -0.0600. The lowest BCUT2D eigenvalue weighted by atomic mass is 9.77. The Bertz CT molecular complexity index is 325. The summed E-state index contributed by atoms with van der Waals surface area (Å²) in [6.07, 6.45) is 3.59. The maximum absolute atomic E-state index is 12.8. The van der Waals surface area contributed by atoms with E-state index in [1.807, 2.05) is 32.5 Å². The summed E-state index contributed by atoms with van der Waals surface area (Å²) in [4.78, 5) is 12.8. The Kier molecular flexibility index (Phi) is 4.96. The first-order chi connectivity index (χ1) is 9.05. The number of carbonyl (C=O) groups excluding carboxylic acids is 1. The summed E-state index contributed by atoms with van der Waals surface area (Å²) in [7, 11) is 0. The van der Waals surface area contributed by atoms with Crippen molar-refractivity contribution in [2.24, 2.45) is 5.92 Å². The second kappa shape index (κ2) is 6.15. The number of hydrogen-bond donors (Lipinski definition) is 0. The molecule has 110 valence electrons. The number of ether oxygens (including phenoxy) is 2. The maximum atomic E-state index is 12.8. The minimum Gasteiger partial charge on any atom is -0.374 e. The predicted octanol–water partition coefficient (Wildman–Crippen LogP) is 3.06. The van der Waals surface area contributed by atoms with Gasteiger partial charge in [-0.3, -0.25) is 4.79 Å². The van der Waals surface area contributed by atoms with E-state index in [4.69, 9.17) is 9.47 Å². The van der Waals surface area contributed by atoms with Crippen LogP contribution in [0.15, 0.2) is 0 Å². The standard InChI is InChI=1S/C15H26O3S/c1-4-14(3,17-5-2)13(16)12-6-8-18-15(10-12)7-9-19-11-15/h12H,4-11H2,1-3H3. The molecule has 19 heavy (non-hydrogen) atoms. The van der Waals surface area contributed by atoms with Crippen molar-refractivity contribution in [2.75, 3.05) is 24.7 Å². The van der Waals surface area contributed by atoms with Gasteiger partial charge in [-0.2, -0.15) is 11.8 Å². The predicted molar refractivity (Wildman–Crippen MR) is 78.7 cm³/mol. The molecule has 0 aromatic heterocycles. The Morgan fingerprint density at radius 2 is 2.32 bits per heavy atom. The first kappa shape index (κ1) is 15.3. The zero-order valence-corrected chi connectivity index (χ0v) is 13.2. The summed E-state index contributed by atoms with van der Waals surface area (Å²) in [6, 6.07) is 0. The van der Waals surface area contributed by atoms with E-state index >= 15 is 0 Å². The molecule has 0 aromatic rings. The van der Waals surface area contributed by atoms with Gasteiger partial charge < -0.3 is 9.47 Å². The summed E-state index contributed by atoms with van der Waals surface area (Å²) in [6.45, 7) is 7.27. The van der Waals surface area contributed by atoms with E-state index in [0.717, 1.165) is 43.8 Å².